The second-order valence-corrected chi connectivity index (χ2v) is 19.5. The van der Waals surface area contributed by atoms with E-state index in [4.69, 9.17) is 9.57 Å². The van der Waals surface area contributed by atoms with E-state index in [1.54, 1.807) is 19.1 Å². The highest BCUT2D eigenvalue weighted by Crippen LogP contribution is 2.61. The molecule has 3 N–H and O–H groups in total. The fraction of sp³-hybridized carbons (Fsp3) is 0.500. The molecule has 11 nitrogen and oxygen atoms in total. The maximum absolute atomic E-state index is 14.9. The van der Waals surface area contributed by atoms with E-state index >= 15 is 0 Å². The van der Waals surface area contributed by atoms with Crippen molar-refractivity contribution in [2.45, 2.75) is 90.4 Å². The number of carbonyl (C=O) groups is 2. The van der Waals surface area contributed by atoms with Crippen molar-refractivity contribution in [3.63, 3.8) is 0 Å². The molecule has 1 unspecified atom stereocenters. The number of hydrogen-bond donors (Lipinski definition) is 3. The summed E-state index contributed by atoms with van der Waals surface area (Å²) in [6, 6.07) is 32.0. The Labute approximate surface area is 373 Å². The van der Waals surface area contributed by atoms with Gasteiger partial charge in [0.05, 0.1) is 26.4 Å². The molecular formula is C52H67N5O6. The van der Waals surface area contributed by atoms with Crippen LogP contribution in [0.4, 0.5) is 5.69 Å². The number of anilines is 1. The highest BCUT2D eigenvalue weighted by Gasteiger charge is 2.57. The molecule has 2 saturated heterocycles. The standard InChI is InChI=1S/C52H67N5O6/c1-33-44-27-40(52(44,3)4)28-45(33)53-50(60)48-47(34(2)59)46(32-58)63-57(48)30-37-19-14-20-43(49(37)62-7)38-24-39(26-41(25-38)54(5)6)51(61)56-22-21-55(29-36-17-12-9-13-18-36)31-42(56)23-35-15-10-8-11-16-35/h8-20,24-26,33-34,40,42,44-48,58-59H,21-23,27-32H2,1-7H3,(H,53,60)/t33-,34-,40+,42?,44-,45-,46-,47+,48-/m0/s1. The van der Waals surface area contributed by atoms with Crippen molar-refractivity contribution in [1.82, 2.24) is 20.2 Å². The van der Waals surface area contributed by atoms with Gasteiger partial charge in [-0.1, -0.05) is 99.6 Å². The van der Waals surface area contributed by atoms with Crippen LogP contribution >= 0.6 is 0 Å². The number of fused-ring (bicyclic) bond motifs is 2. The van der Waals surface area contributed by atoms with Crippen LogP contribution in [0.3, 0.4) is 0 Å². The molecule has 0 aromatic heterocycles. The highest BCUT2D eigenvalue weighted by atomic mass is 16.7. The third kappa shape index (κ3) is 9.13. The lowest BCUT2D eigenvalue weighted by Gasteiger charge is -2.62. The summed E-state index contributed by atoms with van der Waals surface area (Å²) in [6.45, 7) is 11.4. The second kappa shape index (κ2) is 18.7. The highest BCUT2D eigenvalue weighted by molar-refractivity contribution is 5.97. The lowest BCUT2D eigenvalue weighted by atomic mass is 9.45. The average molecular weight is 858 g/mol. The fourth-order valence-electron chi connectivity index (χ4n) is 11.4. The normalized spacial score (nSPS) is 27.3. The Morgan fingerprint density at radius 1 is 0.937 bits per heavy atom. The number of methoxy groups -OCH3 is 1. The number of aliphatic hydroxyl groups excluding tert-OH is 2. The molecule has 11 heteroatoms. The Kier molecular flexibility index (Phi) is 13.3. The number of carbonyl (C=O) groups excluding carboxylic acids is 2. The Bertz CT molecular complexity index is 2220. The number of nitrogens with one attached hydrogen (secondary N) is 1. The summed E-state index contributed by atoms with van der Waals surface area (Å²) >= 11 is 0. The van der Waals surface area contributed by atoms with Crippen molar-refractivity contribution in [3.8, 4) is 16.9 Å². The molecule has 3 aliphatic carbocycles. The number of para-hydroxylation sites is 1. The van der Waals surface area contributed by atoms with E-state index in [1.807, 2.05) is 61.5 Å². The Morgan fingerprint density at radius 2 is 1.65 bits per heavy atom. The SMILES string of the molecule is COc1c(CN2O[C@@H](CO)[C@@H]([C@H](C)O)[C@H]2C(=O)N[C@H]2C[C@H]3C[C@@H]([C@@H]2C)C3(C)C)cccc1-c1cc(C(=O)N2CCN(Cc3ccccc3)CC2Cc2ccccc2)cc(N(C)C)c1. The molecule has 0 spiro atoms. The molecule has 4 aromatic carbocycles. The summed E-state index contributed by atoms with van der Waals surface area (Å²) in [5.41, 5.74) is 6.60. The van der Waals surface area contributed by atoms with Crippen LogP contribution < -0.4 is 15.0 Å². The number of benzene rings is 4. The molecule has 2 heterocycles. The van der Waals surface area contributed by atoms with Gasteiger partial charge in [0.25, 0.3) is 5.91 Å². The maximum Gasteiger partial charge on any atom is 0.254 e. The van der Waals surface area contributed by atoms with Crippen LogP contribution in [0, 0.1) is 29.1 Å². The third-order valence-electron chi connectivity index (χ3n) is 15.1. The summed E-state index contributed by atoms with van der Waals surface area (Å²) in [7, 11) is 5.59. The van der Waals surface area contributed by atoms with Crippen LogP contribution in [0.1, 0.15) is 67.6 Å². The van der Waals surface area contributed by atoms with E-state index in [0.29, 0.717) is 35.6 Å². The predicted octanol–water partition coefficient (Wildman–Crippen LogP) is 6.66. The summed E-state index contributed by atoms with van der Waals surface area (Å²) in [5.74, 6) is 1.18. The minimum Gasteiger partial charge on any atom is -0.496 e. The number of nitrogens with zero attached hydrogens (tertiary/aromatic N) is 4. The van der Waals surface area contributed by atoms with Gasteiger partial charge in [0.2, 0.25) is 5.91 Å². The van der Waals surface area contributed by atoms with Gasteiger partial charge in [-0.2, -0.15) is 5.06 Å². The third-order valence-corrected chi connectivity index (χ3v) is 15.1. The quantitative estimate of drug-likeness (QED) is 0.128. The molecule has 9 rings (SSSR count). The van der Waals surface area contributed by atoms with Crippen molar-refractivity contribution in [3.05, 3.63) is 119 Å². The molecule has 5 aliphatic rings. The monoisotopic (exact) mass is 858 g/mol. The van der Waals surface area contributed by atoms with Crippen LogP contribution in [-0.4, -0.2) is 115 Å². The van der Waals surface area contributed by atoms with E-state index in [1.165, 1.54) is 17.5 Å². The Hall–Kier alpha value is -4.78. The van der Waals surface area contributed by atoms with Gasteiger partial charge in [-0.05, 0) is 84.2 Å². The summed E-state index contributed by atoms with van der Waals surface area (Å²) in [6.07, 6.45) is 1.21. The number of aliphatic hydroxyl groups is 2. The molecule has 336 valence electrons. The first-order chi connectivity index (χ1) is 30.3. The molecule has 9 atom stereocenters. The summed E-state index contributed by atoms with van der Waals surface area (Å²) in [4.78, 5) is 42.2. The topological polar surface area (TPSA) is 118 Å². The van der Waals surface area contributed by atoms with Crippen LogP contribution in [0.2, 0.25) is 0 Å². The van der Waals surface area contributed by atoms with E-state index in [-0.39, 0.29) is 42.5 Å². The Morgan fingerprint density at radius 3 is 2.29 bits per heavy atom. The lowest BCUT2D eigenvalue weighted by Crippen LogP contribution is -2.62. The zero-order chi connectivity index (χ0) is 44.6. The van der Waals surface area contributed by atoms with Crippen LogP contribution in [0.15, 0.2) is 97.1 Å². The molecule has 3 saturated carbocycles. The van der Waals surface area contributed by atoms with Crippen molar-refractivity contribution in [2.75, 3.05) is 52.3 Å². The molecular weight excluding hydrogens is 791 g/mol. The molecule has 0 radical (unpaired) electrons. The number of hydrogen-bond acceptors (Lipinski definition) is 9. The lowest BCUT2D eigenvalue weighted by molar-refractivity contribution is -0.183. The fourth-order valence-corrected chi connectivity index (χ4v) is 11.4. The maximum atomic E-state index is 14.9. The van der Waals surface area contributed by atoms with Gasteiger partial charge >= 0.3 is 0 Å². The number of piperazine rings is 1. The van der Waals surface area contributed by atoms with Gasteiger partial charge in [0, 0.05) is 80.7 Å². The largest absolute Gasteiger partial charge is 0.496 e. The van der Waals surface area contributed by atoms with E-state index < -0.39 is 24.2 Å². The van der Waals surface area contributed by atoms with Crippen molar-refractivity contribution in [1.29, 1.82) is 0 Å². The molecule has 4 aromatic rings. The summed E-state index contributed by atoms with van der Waals surface area (Å²) in [5, 5.41) is 26.5. The number of hydroxylamine groups is 2. The van der Waals surface area contributed by atoms with Crippen LogP contribution in [0.5, 0.6) is 5.75 Å². The van der Waals surface area contributed by atoms with E-state index in [9.17, 15) is 19.8 Å². The number of amides is 2. The van der Waals surface area contributed by atoms with Crippen molar-refractivity contribution >= 4 is 17.5 Å². The van der Waals surface area contributed by atoms with Gasteiger partial charge in [0.15, 0.2) is 0 Å². The smallest absolute Gasteiger partial charge is 0.254 e. The molecule has 2 aliphatic heterocycles. The first-order valence-electron chi connectivity index (χ1n) is 22.9. The van der Waals surface area contributed by atoms with E-state index in [0.717, 1.165) is 54.9 Å². The molecule has 2 bridgehead atoms. The first kappa shape index (κ1) is 44.8. The minimum atomic E-state index is -0.906. The minimum absolute atomic E-state index is 0.0120. The van der Waals surface area contributed by atoms with Crippen molar-refractivity contribution < 1.29 is 29.4 Å². The van der Waals surface area contributed by atoms with Crippen molar-refractivity contribution in [2.24, 2.45) is 29.1 Å². The van der Waals surface area contributed by atoms with E-state index in [2.05, 4.69) is 90.5 Å². The molecule has 63 heavy (non-hydrogen) atoms. The van der Waals surface area contributed by atoms with Gasteiger partial charge in [-0.25, -0.2) is 0 Å². The Balaban J connectivity index is 1.07. The zero-order valence-electron chi connectivity index (χ0n) is 38.1. The molecule has 2 amide bonds. The first-order valence-corrected chi connectivity index (χ1v) is 22.9. The number of rotatable bonds is 14. The predicted molar refractivity (Wildman–Crippen MR) is 247 cm³/mol. The second-order valence-electron chi connectivity index (χ2n) is 19.5. The average Bonchev–Trinajstić information content (AvgIpc) is 3.66. The van der Waals surface area contributed by atoms with Gasteiger partial charge in [-0.3, -0.25) is 19.3 Å². The zero-order valence-corrected chi connectivity index (χ0v) is 38.1. The van der Waals surface area contributed by atoms with Crippen LogP contribution in [-0.2, 0) is 29.1 Å². The van der Waals surface area contributed by atoms with Gasteiger partial charge in [0.1, 0.15) is 17.9 Å². The van der Waals surface area contributed by atoms with Gasteiger partial charge < -0.3 is 30.1 Å². The summed E-state index contributed by atoms with van der Waals surface area (Å²) < 4.78 is 6.20. The number of ether oxygens (including phenoxy) is 1. The molecule has 5 fully saturated rings. The van der Waals surface area contributed by atoms with Gasteiger partial charge in [-0.15, -0.1) is 0 Å². The van der Waals surface area contributed by atoms with Crippen LogP contribution in [0.25, 0.3) is 11.1 Å².